The fraction of sp³-hybridized carbons (Fsp3) is 0.316. The molecule has 0 unspecified atom stereocenters. The molecule has 0 saturated heterocycles. The second-order valence-corrected chi connectivity index (χ2v) is 15.4. The number of halogens is 3. The Labute approximate surface area is 319 Å². The van der Waals surface area contributed by atoms with Crippen LogP contribution in [0.25, 0.3) is 0 Å². The lowest BCUT2D eigenvalue weighted by Crippen LogP contribution is -2.54. The van der Waals surface area contributed by atoms with E-state index in [9.17, 15) is 18.0 Å². The van der Waals surface area contributed by atoms with Gasteiger partial charge in [0.25, 0.3) is 10.0 Å². The highest BCUT2D eigenvalue weighted by atomic mass is 35.5. The number of nitrogens with one attached hydrogen (secondary N) is 1. The van der Waals surface area contributed by atoms with Gasteiger partial charge in [-0.25, -0.2) is 8.42 Å². The van der Waals surface area contributed by atoms with Crippen molar-refractivity contribution in [1.82, 2.24) is 10.2 Å². The van der Waals surface area contributed by atoms with Crippen LogP contribution in [0.5, 0.6) is 17.2 Å². The number of benzene rings is 4. The van der Waals surface area contributed by atoms with E-state index >= 15 is 0 Å². The van der Waals surface area contributed by atoms with E-state index in [-0.39, 0.29) is 57.0 Å². The Morgan fingerprint density at radius 2 is 1.44 bits per heavy atom. The standard InChI is InChI=1S/C38H40Cl3N3O7S/c1-49-34-17-15-28(40)21-32(34)44(52(47,48)30-16-18-35(50-2)36(22-30)51-3)24-37(45)43(23-26-13-14-27(39)20-31(26)41)33(19-25-9-5-4-6-10-25)38(46)42-29-11-7-8-12-29/h4-6,9-10,13-18,20-22,29,33H,7-8,11-12,19,23-24H2,1-3H3,(H,42,46)/t33-/m0/s1. The van der Waals surface area contributed by atoms with Gasteiger partial charge in [-0.3, -0.25) is 13.9 Å². The van der Waals surface area contributed by atoms with Gasteiger partial charge in [-0.2, -0.15) is 0 Å². The molecule has 0 bridgehead atoms. The van der Waals surface area contributed by atoms with E-state index in [2.05, 4.69) is 5.32 Å². The molecule has 5 rings (SSSR count). The van der Waals surface area contributed by atoms with E-state index in [1.54, 1.807) is 24.3 Å². The van der Waals surface area contributed by atoms with E-state index in [1.165, 1.54) is 56.6 Å². The van der Waals surface area contributed by atoms with E-state index < -0.39 is 28.5 Å². The molecule has 52 heavy (non-hydrogen) atoms. The number of anilines is 1. The van der Waals surface area contributed by atoms with Gasteiger partial charge in [-0.1, -0.05) is 84.0 Å². The number of methoxy groups -OCH3 is 3. The number of nitrogens with zero attached hydrogens (tertiary/aromatic N) is 2. The van der Waals surface area contributed by atoms with Crippen molar-refractivity contribution < 1.29 is 32.2 Å². The van der Waals surface area contributed by atoms with Gasteiger partial charge in [0, 0.05) is 40.1 Å². The molecule has 4 aromatic carbocycles. The molecule has 0 aromatic heterocycles. The first-order valence-electron chi connectivity index (χ1n) is 16.6. The third-order valence-corrected chi connectivity index (χ3v) is 11.5. The Bertz CT molecular complexity index is 1990. The number of sulfonamides is 1. The minimum absolute atomic E-state index is 0.0117. The number of amides is 2. The zero-order valence-corrected chi connectivity index (χ0v) is 32.1. The number of carbonyl (C=O) groups is 2. The van der Waals surface area contributed by atoms with Crippen LogP contribution in [0.15, 0.2) is 89.8 Å². The van der Waals surface area contributed by atoms with Gasteiger partial charge in [0.05, 0.1) is 31.9 Å². The average Bonchev–Trinajstić information content (AvgIpc) is 3.65. The summed E-state index contributed by atoms with van der Waals surface area (Å²) in [5.41, 5.74) is 1.33. The molecule has 1 aliphatic carbocycles. The maximum absolute atomic E-state index is 14.9. The summed E-state index contributed by atoms with van der Waals surface area (Å²) >= 11 is 19.3. The second kappa shape index (κ2) is 17.6. The third-order valence-electron chi connectivity index (χ3n) is 8.96. The molecule has 1 saturated carbocycles. The van der Waals surface area contributed by atoms with Crippen LogP contribution in [-0.2, 0) is 32.6 Å². The maximum atomic E-state index is 14.9. The Morgan fingerprint density at radius 3 is 2.10 bits per heavy atom. The summed E-state index contributed by atoms with van der Waals surface area (Å²) in [6, 6.07) is 21.7. The maximum Gasteiger partial charge on any atom is 0.265 e. The number of hydrogen-bond donors (Lipinski definition) is 1. The minimum Gasteiger partial charge on any atom is -0.495 e. The summed E-state index contributed by atoms with van der Waals surface area (Å²) in [5.74, 6) is -0.414. The smallest absolute Gasteiger partial charge is 0.265 e. The first kappa shape index (κ1) is 39.1. The molecule has 0 spiro atoms. The zero-order chi connectivity index (χ0) is 37.4. The molecule has 2 amide bonds. The average molecular weight is 789 g/mol. The summed E-state index contributed by atoms with van der Waals surface area (Å²) in [5, 5.41) is 4.04. The van der Waals surface area contributed by atoms with Crippen molar-refractivity contribution in [2.45, 2.75) is 55.6 Å². The van der Waals surface area contributed by atoms with Gasteiger partial charge in [-0.15, -0.1) is 0 Å². The molecule has 10 nitrogen and oxygen atoms in total. The first-order chi connectivity index (χ1) is 24.9. The van der Waals surface area contributed by atoms with Crippen LogP contribution >= 0.6 is 34.8 Å². The van der Waals surface area contributed by atoms with Crippen molar-refractivity contribution in [2.24, 2.45) is 0 Å². The number of rotatable bonds is 15. The first-order valence-corrected chi connectivity index (χ1v) is 19.2. The summed E-state index contributed by atoms with van der Waals surface area (Å²) in [6.07, 6.45) is 3.78. The Kier molecular flexibility index (Phi) is 13.2. The molecule has 0 radical (unpaired) electrons. The Hall–Kier alpha value is -4.16. The van der Waals surface area contributed by atoms with Gasteiger partial charge in [0.2, 0.25) is 11.8 Å². The van der Waals surface area contributed by atoms with Gasteiger partial charge in [0.15, 0.2) is 11.5 Å². The fourth-order valence-electron chi connectivity index (χ4n) is 6.23. The number of hydrogen-bond acceptors (Lipinski definition) is 7. The fourth-order valence-corrected chi connectivity index (χ4v) is 8.30. The van der Waals surface area contributed by atoms with E-state index in [4.69, 9.17) is 49.0 Å². The summed E-state index contributed by atoms with van der Waals surface area (Å²) in [6.45, 7) is -0.859. The highest BCUT2D eigenvalue weighted by Crippen LogP contribution is 2.37. The molecular formula is C38H40Cl3N3O7S. The number of carbonyl (C=O) groups excluding carboxylic acids is 2. The highest BCUT2D eigenvalue weighted by Gasteiger charge is 2.37. The SMILES string of the molecule is COc1ccc(S(=O)(=O)N(CC(=O)N(Cc2ccc(Cl)cc2Cl)[C@@H](Cc2ccccc2)C(=O)NC2CCCC2)c2cc(Cl)ccc2OC)cc1OC. The predicted octanol–water partition coefficient (Wildman–Crippen LogP) is 7.57. The van der Waals surface area contributed by atoms with Crippen LogP contribution in [0, 0.1) is 0 Å². The van der Waals surface area contributed by atoms with Gasteiger partial charge in [-0.05, 0) is 66.4 Å². The summed E-state index contributed by atoms with van der Waals surface area (Å²) in [7, 11) is -0.327. The van der Waals surface area contributed by atoms with E-state index in [0.717, 1.165) is 35.6 Å². The van der Waals surface area contributed by atoms with Crippen molar-refractivity contribution in [3.63, 3.8) is 0 Å². The van der Waals surface area contributed by atoms with Crippen LogP contribution < -0.4 is 23.8 Å². The normalized spacial score (nSPS) is 13.7. The van der Waals surface area contributed by atoms with Gasteiger partial charge in [0.1, 0.15) is 18.3 Å². The molecule has 14 heteroatoms. The largest absolute Gasteiger partial charge is 0.495 e. The lowest BCUT2D eigenvalue weighted by molar-refractivity contribution is -0.140. The Morgan fingerprint density at radius 1 is 0.808 bits per heavy atom. The van der Waals surface area contributed by atoms with E-state index in [1.807, 2.05) is 30.3 Å². The van der Waals surface area contributed by atoms with E-state index in [0.29, 0.717) is 16.3 Å². The van der Waals surface area contributed by atoms with Crippen LogP contribution in [0.4, 0.5) is 5.69 Å². The van der Waals surface area contributed by atoms with Crippen LogP contribution in [0.2, 0.25) is 15.1 Å². The zero-order valence-electron chi connectivity index (χ0n) is 29.0. The molecular weight excluding hydrogens is 749 g/mol. The lowest BCUT2D eigenvalue weighted by Gasteiger charge is -2.35. The van der Waals surface area contributed by atoms with Crippen molar-refractivity contribution in [1.29, 1.82) is 0 Å². The quantitative estimate of drug-likeness (QED) is 0.132. The minimum atomic E-state index is -4.53. The monoisotopic (exact) mass is 787 g/mol. The van der Waals surface area contributed by atoms with Crippen molar-refractivity contribution >= 4 is 62.3 Å². The summed E-state index contributed by atoms with van der Waals surface area (Å²) in [4.78, 5) is 30.4. The second-order valence-electron chi connectivity index (χ2n) is 12.3. The van der Waals surface area contributed by atoms with Crippen molar-refractivity contribution in [3.05, 3.63) is 111 Å². The molecule has 4 aromatic rings. The van der Waals surface area contributed by atoms with Crippen molar-refractivity contribution in [3.8, 4) is 17.2 Å². The predicted molar refractivity (Wildman–Crippen MR) is 203 cm³/mol. The molecule has 1 aliphatic rings. The molecule has 276 valence electrons. The van der Waals surface area contributed by atoms with Crippen LogP contribution in [0.3, 0.4) is 0 Å². The molecule has 1 fully saturated rings. The third kappa shape index (κ3) is 9.25. The highest BCUT2D eigenvalue weighted by molar-refractivity contribution is 7.92. The molecule has 0 heterocycles. The topological polar surface area (TPSA) is 114 Å². The van der Waals surface area contributed by atoms with Crippen LogP contribution in [0.1, 0.15) is 36.8 Å². The van der Waals surface area contributed by atoms with Crippen LogP contribution in [-0.4, -0.2) is 65.1 Å². The number of ether oxygens (including phenoxy) is 3. The molecule has 1 N–H and O–H groups in total. The Balaban J connectivity index is 1.64. The lowest BCUT2D eigenvalue weighted by atomic mass is 10.0. The molecule has 0 aliphatic heterocycles. The van der Waals surface area contributed by atoms with Gasteiger partial charge < -0.3 is 24.4 Å². The summed E-state index contributed by atoms with van der Waals surface area (Å²) < 4.78 is 46.5. The van der Waals surface area contributed by atoms with Gasteiger partial charge >= 0.3 is 0 Å². The molecule has 1 atom stereocenters. The van der Waals surface area contributed by atoms with Crippen molar-refractivity contribution in [2.75, 3.05) is 32.2 Å².